The summed E-state index contributed by atoms with van der Waals surface area (Å²) in [5.41, 5.74) is 16.6. The van der Waals surface area contributed by atoms with Crippen LogP contribution in [0.15, 0.2) is 109 Å². The largest absolute Gasteiger partial charge is 0.390 e. The van der Waals surface area contributed by atoms with Crippen molar-refractivity contribution in [2.75, 3.05) is 95.8 Å². The molecule has 138 heavy (non-hydrogen) atoms. The summed E-state index contributed by atoms with van der Waals surface area (Å²) in [6, 6.07) is 16.4. The highest BCUT2D eigenvalue weighted by molar-refractivity contribution is 7.89. The number of nitrogens with two attached hydrogens (primary N) is 3. The van der Waals surface area contributed by atoms with E-state index in [0.29, 0.717) is 109 Å². The lowest BCUT2D eigenvalue weighted by Crippen LogP contribution is -2.54. The lowest BCUT2D eigenvalue weighted by Gasteiger charge is -2.30. The van der Waals surface area contributed by atoms with Gasteiger partial charge in [-0.05, 0) is 196 Å². The van der Waals surface area contributed by atoms with E-state index in [1.165, 1.54) is 69.6 Å². The van der Waals surface area contributed by atoms with Gasteiger partial charge in [0.1, 0.15) is 34.9 Å². The second kappa shape index (κ2) is 58.6. The minimum Gasteiger partial charge on any atom is -0.390 e. The Balaban J connectivity index is 0.000000432. The molecule has 0 aliphatic carbocycles. The summed E-state index contributed by atoms with van der Waals surface area (Å²) in [7, 11) is -11.3. The lowest BCUT2D eigenvalue weighted by atomic mass is 9.99. The van der Waals surface area contributed by atoms with Crippen LogP contribution in [0.2, 0.25) is 0 Å². The number of amides is 9. The fraction of sp³-hybridized carbons (Fsp3) is 0.531. The first-order valence-electron chi connectivity index (χ1n) is 46.5. The number of likely N-dealkylation sites (N-methyl/N-ethyl adjacent to an activating group) is 1. The van der Waals surface area contributed by atoms with E-state index in [-0.39, 0.29) is 160 Å². The van der Waals surface area contributed by atoms with Crippen LogP contribution in [0.1, 0.15) is 272 Å². The van der Waals surface area contributed by atoms with E-state index in [1.807, 2.05) is 55.4 Å². The quantitative estimate of drug-likeness (QED) is 0.0125. The number of hydrazine groups is 3. The van der Waals surface area contributed by atoms with E-state index in [9.17, 15) is 110 Å². The van der Waals surface area contributed by atoms with Gasteiger partial charge in [-0.15, -0.1) is 14.5 Å². The zero-order valence-corrected chi connectivity index (χ0v) is 84.0. The molecule has 0 bridgehead atoms. The normalized spacial score (nSPS) is 13.1. The van der Waals surface area contributed by atoms with Gasteiger partial charge >= 0.3 is 0 Å². The molecule has 0 radical (unpaired) electrons. The SMILES string of the molecule is CCCCN(CC(O)C(Cc1cc(F)cc(F)c1)NC(=O)c1cc(C(N)=O)cc(C(=O)N(CCC)CCC)c1)NS(=O)(=O)CC(C)C.CCCN(CC(O)C(Cc1cc(F)cc(F)c1)NC(=O)c1cc(C(N)=O)cc(C(=O)N(CCC)CCC)c1)NS(=O)(=O)CC(C)C.CCCN(CCC)C(=O)c1cc(C(N)=O)cc(C(=O)NC(Cc2cc(F)cc(F)c2)C(O)CN(CC)NS(=O)(=O)CC(C)C)c1. The Labute approximate surface area is 808 Å². The maximum atomic E-state index is 14.1. The highest BCUT2D eigenvalue weighted by Gasteiger charge is 2.34. The minimum atomic E-state index is -3.76. The first kappa shape index (κ1) is 120. The van der Waals surface area contributed by atoms with Gasteiger partial charge in [0.25, 0.3) is 35.4 Å². The third-order valence-corrected chi connectivity index (χ3v) is 25.7. The van der Waals surface area contributed by atoms with Crippen LogP contribution in [0.5, 0.6) is 0 Å². The zero-order valence-electron chi connectivity index (χ0n) is 81.6. The summed E-state index contributed by atoms with van der Waals surface area (Å²) in [5, 5.41) is 45.9. The number of unbranched alkanes of at least 4 members (excludes halogenated alkanes) is 1. The minimum absolute atomic E-state index is 0.0689. The number of benzene rings is 6. The van der Waals surface area contributed by atoms with Crippen molar-refractivity contribution in [2.45, 2.75) is 217 Å². The molecule has 0 heterocycles. The molecule has 0 aromatic heterocycles. The van der Waals surface area contributed by atoms with Gasteiger partial charge in [0, 0.05) is 147 Å². The summed E-state index contributed by atoms with van der Waals surface area (Å²) in [4.78, 5) is 130. The van der Waals surface area contributed by atoms with Gasteiger partial charge < -0.3 is 63.2 Å². The van der Waals surface area contributed by atoms with Crippen molar-refractivity contribution in [3.8, 4) is 0 Å². The average Bonchev–Trinajstić information content (AvgIpc) is 0.817. The number of hydrogen-bond donors (Lipinski definition) is 12. The summed E-state index contributed by atoms with van der Waals surface area (Å²) < 4.78 is 160. The van der Waals surface area contributed by atoms with Gasteiger partial charge in [0.15, 0.2) is 0 Å². The number of sulfonamides is 3. The predicted octanol–water partition coefficient (Wildman–Crippen LogP) is 9.69. The highest BCUT2D eigenvalue weighted by Crippen LogP contribution is 2.24. The first-order valence-corrected chi connectivity index (χ1v) is 51.5. The molecular formula is C96H141F6N15O18S3. The molecule has 6 unspecified atom stereocenters. The van der Waals surface area contributed by atoms with Crippen molar-refractivity contribution in [3.05, 3.63) is 211 Å². The van der Waals surface area contributed by atoms with Crippen molar-refractivity contribution in [3.63, 3.8) is 0 Å². The van der Waals surface area contributed by atoms with Crippen LogP contribution < -0.4 is 47.6 Å². The average molecular weight is 2000 g/mol. The van der Waals surface area contributed by atoms with Gasteiger partial charge in [-0.2, -0.15) is 0 Å². The molecule has 0 saturated heterocycles. The topological polar surface area (TPSA) is 486 Å². The molecular weight excluding hydrogens is 1860 g/mol. The molecule has 6 rings (SSSR count). The van der Waals surface area contributed by atoms with E-state index in [1.54, 1.807) is 63.2 Å². The highest BCUT2D eigenvalue weighted by atomic mass is 32.2. The van der Waals surface area contributed by atoms with Crippen LogP contribution in [-0.4, -0.2) is 256 Å². The second-order valence-electron chi connectivity index (χ2n) is 35.3. The van der Waals surface area contributed by atoms with E-state index in [2.05, 4.69) is 30.4 Å². The zero-order chi connectivity index (χ0) is 104. The van der Waals surface area contributed by atoms with Crippen molar-refractivity contribution in [2.24, 2.45) is 35.0 Å². The molecule has 0 fully saturated rings. The number of carbonyl (C=O) groups is 9. The Hall–Kier alpha value is -10.4. The van der Waals surface area contributed by atoms with Gasteiger partial charge in [0.05, 0.1) is 53.7 Å². The Bertz CT molecular complexity index is 5320. The molecule has 33 nitrogen and oxygen atoms in total. The van der Waals surface area contributed by atoms with Crippen molar-refractivity contribution in [1.82, 2.24) is 60.2 Å². The smallest absolute Gasteiger partial charge is 0.253 e. The number of primary amides is 3. The molecule has 6 aromatic carbocycles. The van der Waals surface area contributed by atoms with Crippen LogP contribution in [0, 0.1) is 52.7 Å². The molecule has 9 amide bonds. The molecule has 15 N–H and O–H groups in total. The third kappa shape index (κ3) is 42.4. The van der Waals surface area contributed by atoms with E-state index in [0.717, 1.165) is 42.8 Å². The molecule has 42 heteroatoms. The van der Waals surface area contributed by atoms with Crippen LogP contribution >= 0.6 is 0 Å². The number of aliphatic hydroxyl groups excluding tert-OH is 3. The van der Waals surface area contributed by atoms with Gasteiger partial charge in [-0.3, -0.25) is 43.2 Å². The lowest BCUT2D eigenvalue weighted by molar-refractivity contribution is 0.0614. The predicted molar refractivity (Wildman–Crippen MR) is 517 cm³/mol. The van der Waals surface area contributed by atoms with Crippen molar-refractivity contribution >= 4 is 83.2 Å². The van der Waals surface area contributed by atoms with Gasteiger partial charge in [0.2, 0.25) is 47.8 Å². The maximum Gasteiger partial charge on any atom is 0.253 e. The molecule has 0 aliphatic heterocycles. The Kier molecular flexibility index (Phi) is 50.9. The first-order chi connectivity index (χ1) is 64.7. The monoisotopic (exact) mass is 2000 g/mol. The Morgan fingerprint density at radius 2 is 0.522 bits per heavy atom. The van der Waals surface area contributed by atoms with E-state index < -0.39 is 155 Å². The van der Waals surface area contributed by atoms with Crippen LogP contribution in [-0.2, 0) is 49.3 Å². The number of aliphatic hydroxyl groups is 3. The van der Waals surface area contributed by atoms with Crippen LogP contribution in [0.3, 0.4) is 0 Å². The molecule has 0 spiro atoms. The fourth-order valence-electron chi connectivity index (χ4n) is 15.0. The fourth-order valence-corrected chi connectivity index (χ4v) is 19.6. The standard InChI is InChI=1S/C33H49F2N5O6S.C32H47F2N5O6S.C31H45F2N5O6S/c1-6-9-12-40(38-47(45,46)21-22(4)5)20-30(41)29(15-23-13-27(34)19-28(35)14-23)37-32(43)25-16-24(31(36)42)17-26(18-25)33(44)39(10-7-2)11-8-3;1-6-9-38(10-7-2)32(43)25-16-23(30(35)41)15-24(17-25)31(42)36-28(14-22-12-26(33)18-27(34)13-22)29(40)19-39(11-8-3)37-46(44,45)20-21(4)5;1-6-9-37(10-7-2)31(42)24-15-22(29(34)40)14-23(16-24)30(41)35-27(13-21-11-25(32)17-26(33)12-21)28(39)18-38(8-3)36-45(43,44)19-20(4)5/h13-14,16-19,22,29-30,38,41H,6-12,15,20-21H2,1-5H3,(H2,36,42)(H,37,43);12-13,15-18,21,28-29,37,40H,6-11,14,19-20H2,1-5H3,(H2,35,41)(H,36,42);11-12,14-17,20,27-28,36,39H,6-10,13,18-19H2,1-5H3,(H2,34,40)(H,35,41). The second-order valence-corrected chi connectivity index (χ2v) is 40.6. The van der Waals surface area contributed by atoms with E-state index >= 15 is 0 Å². The summed E-state index contributed by atoms with van der Waals surface area (Å²) in [6.45, 7) is 30.0. The molecule has 6 aromatic rings. The number of nitrogens with zero attached hydrogens (tertiary/aromatic N) is 6. The van der Waals surface area contributed by atoms with Crippen molar-refractivity contribution in [1.29, 1.82) is 0 Å². The number of hydrogen-bond acceptors (Lipinski definition) is 21. The number of carbonyl (C=O) groups excluding carboxylic acids is 9. The molecule has 768 valence electrons. The molecule has 0 aliphatic rings. The van der Waals surface area contributed by atoms with Crippen LogP contribution in [0.25, 0.3) is 0 Å². The van der Waals surface area contributed by atoms with Crippen LogP contribution in [0.4, 0.5) is 26.3 Å². The van der Waals surface area contributed by atoms with Crippen molar-refractivity contribution < 1.29 is 110 Å². The Morgan fingerprint density at radius 1 is 0.304 bits per heavy atom. The Morgan fingerprint density at radius 3 is 0.739 bits per heavy atom. The molecule has 6 atom stereocenters. The maximum absolute atomic E-state index is 14.1. The van der Waals surface area contributed by atoms with E-state index in [4.69, 9.17) is 17.2 Å². The summed E-state index contributed by atoms with van der Waals surface area (Å²) in [5.74, 6) is -12.2. The third-order valence-electron chi connectivity index (χ3n) is 20.8. The van der Waals surface area contributed by atoms with Gasteiger partial charge in [-0.1, -0.05) is 110 Å². The number of halogens is 6. The molecule has 0 saturated carbocycles. The number of nitrogens with one attached hydrogen (secondary N) is 6. The number of rotatable bonds is 57. The summed E-state index contributed by atoms with van der Waals surface area (Å²) >= 11 is 0. The van der Waals surface area contributed by atoms with Gasteiger partial charge in [-0.25, -0.2) is 66.6 Å². The summed E-state index contributed by atoms with van der Waals surface area (Å²) in [6.07, 6.45) is 0.979.